The van der Waals surface area contributed by atoms with Gasteiger partial charge in [-0.1, -0.05) is 18.2 Å². The summed E-state index contributed by atoms with van der Waals surface area (Å²) in [6.45, 7) is 0. The summed E-state index contributed by atoms with van der Waals surface area (Å²) in [4.78, 5) is 0. The standard InChI is InChI=1S/C12H11IN2/c13-9-6-7-12(11(14)8-9)15-10-4-2-1-3-5-10/h1-8,15H,14H2. The zero-order valence-electron chi connectivity index (χ0n) is 8.07. The highest BCUT2D eigenvalue weighted by atomic mass is 127. The number of nitrogens with one attached hydrogen (secondary N) is 1. The summed E-state index contributed by atoms with van der Waals surface area (Å²) in [5.41, 5.74) is 8.66. The Morgan fingerprint density at radius 1 is 1.00 bits per heavy atom. The minimum absolute atomic E-state index is 0.769. The maximum atomic E-state index is 5.90. The summed E-state index contributed by atoms with van der Waals surface area (Å²) in [6.07, 6.45) is 0. The summed E-state index contributed by atoms with van der Waals surface area (Å²) >= 11 is 2.25. The summed E-state index contributed by atoms with van der Waals surface area (Å²) < 4.78 is 1.14. The summed E-state index contributed by atoms with van der Waals surface area (Å²) in [5.74, 6) is 0. The molecule has 0 atom stereocenters. The number of hydrogen-bond donors (Lipinski definition) is 2. The van der Waals surface area contributed by atoms with Crippen molar-refractivity contribution >= 4 is 39.7 Å². The monoisotopic (exact) mass is 310 g/mol. The lowest BCUT2D eigenvalue weighted by atomic mass is 10.2. The minimum atomic E-state index is 0.769. The molecule has 0 aromatic heterocycles. The van der Waals surface area contributed by atoms with Crippen molar-refractivity contribution in [2.45, 2.75) is 0 Å². The van der Waals surface area contributed by atoms with Crippen LogP contribution < -0.4 is 11.1 Å². The molecular weight excluding hydrogens is 299 g/mol. The van der Waals surface area contributed by atoms with E-state index in [2.05, 4.69) is 27.9 Å². The molecule has 2 nitrogen and oxygen atoms in total. The van der Waals surface area contributed by atoms with Crippen molar-refractivity contribution in [1.29, 1.82) is 0 Å². The van der Waals surface area contributed by atoms with Crippen LogP contribution in [0.3, 0.4) is 0 Å². The van der Waals surface area contributed by atoms with Crippen molar-refractivity contribution < 1.29 is 0 Å². The fourth-order valence-electron chi connectivity index (χ4n) is 1.32. The Morgan fingerprint density at radius 3 is 2.40 bits per heavy atom. The fourth-order valence-corrected chi connectivity index (χ4v) is 1.84. The van der Waals surface area contributed by atoms with Crippen LogP contribution in [-0.2, 0) is 0 Å². The van der Waals surface area contributed by atoms with Crippen molar-refractivity contribution in [2.24, 2.45) is 0 Å². The van der Waals surface area contributed by atoms with E-state index in [1.54, 1.807) is 0 Å². The van der Waals surface area contributed by atoms with Gasteiger partial charge in [-0.2, -0.15) is 0 Å². The van der Waals surface area contributed by atoms with Crippen LogP contribution in [0, 0.1) is 3.57 Å². The van der Waals surface area contributed by atoms with Crippen molar-refractivity contribution in [2.75, 3.05) is 11.1 Å². The van der Waals surface area contributed by atoms with Gasteiger partial charge in [0.15, 0.2) is 0 Å². The molecule has 0 radical (unpaired) electrons. The maximum Gasteiger partial charge on any atom is 0.0618 e. The molecule has 0 spiro atoms. The first-order valence-corrected chi connectivity index (χ1v) is 5.71. The molecule has 0 bridgehead atoms. The first kappa shape index (κ1) is 10.3. The third kappa shape index (κ3) is 2.62. The third-order valence-electron chi connectivity index (χ3n) is 2.07. The number of anilines is 3. The van der Waals surface area contributed by atoms with E-state index in [0.717, 1.165) is 20.6 Å². The van der Waals surface area contributed by atoms with E-state index in [0.29, 0.717) is 0 Å². The second kappa shape index (κ2) is 4.53. The average Bonchev–Trinajstić information content (AvgIpc) is 2.24. The highest BCUT2D eigenvalue weighted by molar-refractivity contribution is 14.1. The first-order valence-electron chi connectivity index (χ1n) is 4.63. The molecule has 2 aromatic rings. The first-order chi connectivity index (χ1) is 7.25. The van der Waals surface area contributed by atoms with Gasteiger partial charge in [0.1, 0.15) is 0 Å². The molecule has 3 heteroatoms. The molecule has 15 heavy (non-hydrogen) atoms. The number of nitrogens with two attached hydrogens (primary N) is 1. The predicted molar refractivity (Wildman–Crippen MR) is 73.3 cm³/mol. The number of benzene rings is 2. The molecule has 0 aliphatic rings. The summed E-state index contributed by atoms with van der Waals surface area (Å²) in [5, 5.41) is 3.27. The molecule has 0 aliphatic heterocycles. The van der Waals surface area contributed by atoms with Crippen LogP contribution in [0.25, 0.3) is 0 Å². The van der Waals surface area contributed by atoms with E-state index < -0.39 is 0 Å². The van der Waals surface area contributed by atoms with Gasteiger partial charge in [-0.05, 0) is 52.9 Å². The Labute approximate surface area is 103 Å². The van der Waals surface area contributed by atoms with Gasteiger partial charge in [0.25, 0.3) is 0 Å². The largest absolute Gasteiger partial charge is 0.397 e. The van der Waals surface area contributed by atoms with E-state index in [9.17, 15) is 0 Å². The molecule has 2 aromatic carbocycles. The molecule has 2 rings (SSSR count). The normalized spacial score (nSPS) is 9.93. The van der Waals surface area contributed by atoms with E-state index in [-0.39, 0.29) is 0 Å². The van der Waals surface area contributed by atoms with Crippen LogP contribution in [0.15, 0.2) is 48.5 Å². The Morgan fingerprint density at radius 2 is 1.73 bits per heavy atom. The quantitative estimate of drug-likeness (QED) is 0.657. The third-order valence-corrected chi connectivity index (χ3v) is 2.74. The van der Waals surface area contributed by atoms with Crippen LogP contribution in [-0.4, -0.2) is 0 Å². The van der Waals surface area contributed by atoms with Gasteiger partial charge in [-0.15, -0.1) is 0 Å². The highest BCUT2D eigenvalue weighted by Crippen LogP contribution is 2.24. The van der Waals surface area contributed by atoms with Gasteiger partial charge in [0.2, 0.25) is 0 Å². The van der Waals surface area contributed by atoms with Crippen molar-refractivity contribution in [3.05, 3.63) is 52.1 Å². The second-order valence-corrected chi connectivity index (χ2v) is 4.47. The van der Waals surface area contributed by atoms with Gasteiger partial charge < -0.3 is 11.1 Å². The van der Waals surface area contributed by atoms with Gasteiger partial charge in [0, 0.05) is 9.26 Å². The van der Waals surface area contributed by atoms with E-state index in [4.69, 9.17) is 5.73 Å². The van der Waals surface area contributed by atoms with Crippen LogP contribution in [0.5, 0.6) is 0 Å². The van der Waals surface area contributed by atoms with Crippen molar-refractivity contribution in [1.82, 2.24) is 0 Å². The summed E-state index contributed by atoms with van der Waals surface area (Å²) in [6, 6.07) is 16.0. The summed E-state index contributed by atoms with van der Waals surface area (Å²) in [7, 11) is 0. The Hall–Kier alpha value is -1.23. The Bertz CT molecular complexity index is 454. The van der Waals surface area contributed by atoms with Crippen LogP contribution in [0.2, 0.25) is 0 Å². The number of hydrogen-bond acceptors (Lipinski definition) is 2. The molecule has 0 saturated heterocycles. The molecule has 76 valence electrons. The van der Waals surface area contributed by atoms with Crippen LogP contribution >= 0.6 is 22.6 Å². The molecule has 0 saturated carbocycles. The SMILES string of the molecule is Nc1cc(I)ccc1Nc1ccccc1. The minimum Gasteiger partial charge on any atom is -0.397 e. The molecule has 0 aliphatic carbocycles. The maximum absolute atomic E-state index is 5.90. The Kier molecular flexibility index (Phi) is 3.11. The fraction of sp³-hybridized carbons (Fsp3) is 0. The number of halogens is 1. The van der Waals surface area contributed by atoms with Crippen molar-refractivity contribution in [3.8, 4) is 0 Å². The molecule has 0 fully saturated rings. The van der Waals surface area contributed by atoms with Crippen LogP contribution in [0.1, 0.15) is 0 Å². The average molecular weight is 310 g/mol. The lowest BCUT2D eigenvalue weighted by Crippen LogP contribution is -1.96. The molecule has 3 N–H and O–H groups in total. The zero-order chi connectivity index (χ0) is 10.7. The lowest BCUT2D eigenvalue weighted by molar-refractivity contribution is 1.53. The van der Waals surface area contributed by atoms with Crippen molar-refractivity contribution in [3.63, 3.8) is 0 Å². The number of rotatable bonds is 2. The van der Waals surface area contributed by atoms with Crippen LogP contribution in [0.4, 0.5) is 17.1 Å². The topological polar surface area (TPSA) is 38.0 Å². The van der Waals surface area contributed by atoms with Gasteiger partial charge in [0.05, 0.1) is 11.4 Å². The highest BCUT2D eigenvalue weighted by Gasteiger charge is 1.99. The predicted octanol–water partition coefficient (Wildman–Crippen LogP) is 3.62. The van der Waals surface area contributed by atoms with Gasteiger partial charge in [-0.3, -0.25) is 0 Å². The number of nitrogen functional groups attached to an aromatic ring is 1. The zero-order valence-corrected chi connectivity index (χ0v) is 10.2. The van der Waals surface area contributed by atoms with Gasteiger partial charge >= 0.3 is 0 Å². The second-order valence-electron chi connectivity index (χ2n) is 3.22. The number of para-hydroxylation sites is 1. The molecule has 0 amide bonds. The van der Waals surface area contributed by atoms with Gasteiger partial charge in [-0.25, -0.2) is 0 Å². The lowest BCUT2D eigenvalue weighted by Gasteiger charge is -2.09. The van der Waals surface area contributed by atoms with E-state index in [1.165, 1.54) is 0 Å². The molecular formula is C12H11IN2. The molecule has 0 unspecified atom stereocenters. The molecule has 0 heterocycles. The Balaban J connectivity index is 2.25. The van der Waals surface area contributed by atoms with E-state index >= 15 is 0 Å². The smallest absolute Gasteiger partial charge is 0.0618 e. The van der Waals surface area contributed by atoms with E-state index in [1.807, 2.05) is 48.5 Å².